The van der Waals surface area contributed by atoms with Crippen LogP contribution in [0.4, 0.5) is 0 Å². The van der Waals surface area contributed by atoms with Crippen molar-refractivity contribution in [3.63, 3.8) is 0 Å². The molecule has 0 saturated carbocycles. The van der Waals surface area contributed by atoms with Crippen LogP contribution in [-0.4, -0.2) is 56.8 Å². The first-order valence-electron chi connectivity index (χ1n) is 13.2. The van der Waals surface area contributed by atoms with E-state index in [9.17, 15) is 30.0 Å². The van der Waals surface area contributed by atoms with Gasteiger partial charge in [0.25, 0.3) is 0 Å². The minimum absolute atomic E-state index is 0.0276. The highest BCUT2D eigenvalue weighted by molar-refractivity contribution is 5.94. The SMILES string of the molecule is CCCCCCCCCCC(O)(CO)C(=O)OC(=O)C(O)(CO)CCCCCCCCCC. The molecule has 0 rings (SSSR count). The van der Waals surface area contributed by atoms with Crippen LogP contribution in [0, 0.1) is 0 Å². The Morgan fingerprint density at radius 3 is 1.09 bits per heavy atom. The number of rotatable bonds is 22. The number of carbonyl (C=O) groups is 2. The normalized spacial score (nSPS) is 15.1. The van der Waals surface area contributed by atoms with Crippen molar-refractivity contribution in [2.75, 3.05) is 13.2 Å². The Morgan fingerprint density at radius 2 is 0.818 bits per heavy atom. The van der Waals surface area contributed by atoms with Crippen molar-refractivity contribution in [2.24, 2.45) is 0 Å². The molecule has 0 aromatic carbocycles. The second-order valence-electron chi connectivity index (χ2n) is 9.51. The Labute approximate surface area is 200 Å². The minimum atomic E-state index is -2.19. The van der Waals surface area contributed by atoms with Gasteiger partial charge in [-0.05, 0) is 25.7 Å². The third kappa shape index (κ3) is 14.1. The van der Waals surface area contributed by atoms with Crippen molar-refractivity contribution in [3.05, 3.63) is 0 Å². The second kappa shape index (κ2) is 19.3. The molecule has 7 heteroatoms. The van der Waals surface area contributed by atoms with Gasteiger partial charge < -0.3 is 25.2 Å². The predicted molar refractivity (Wildman–Crippen MR) is 130 cm³/mol. The van der Waals surface area contributed by atoms with Gasteiger partial charge in [0.2, 0.25) is 0 Å². The first kappa shape index (κ1) is 32.0. The zero-order valence-corrected chi connectivity index (χ0v) is 21.2. The minimum Gasteiger partial charge on any atom is -0.393 e. The number of esters is 2. The molecule has 2 unspecified atom stereocenters. The van der Waals surface area contributed by atoms with Gasteiger partial charge in [-0.15, -0.1) is 0 Å². The molecule has 0 heterocycles. The average Bonchev–Trinajstić information content (AvgIpc) is 2.81. The Balaban J connectivity index is 4.39. The van der Waals surface area contributed by atoms with Gasteiger partial charge in [0.05, 0.1) is 13.2 Å². The van der Waals surface area contributed by atoms with Gasteiger partial charge in [-0.2, -0.15) is 0 Å². The van der Waals surface area contributed by atoms with Gasteiger partial charge in [-0.3, -0.25) is 0 Å². The van der Waals surface area contributed by atoms with Crippen molar-refractivity contribution in [3.8, 4) is 0 Å². The van der Waals surface area contributed by atoms with Gasteiger partial charge in [-0.25, -0.2) is 9.59 Å². The highest BCUT2D eigenvalue weighted by Crippen LogP contribution is 2.22. The monoisotopic (exact) mass is 474 g/mol. The van der Waals surface area contributed by atoms with Crippen LogP contribution in [0.25, 0.3) is 0 Å². The van der Waals surface area contributed by atoms with Crippen molar-refractivity contribution in [1.82, 2.24) is 0 Å². The molecule has 0 aromatic heterocycles. The summed E-state index contributed by atoms with van der Waals surface area (Å²) in [6, 6.07) is 0. The summed E-state index contributed by atoms with van der Waals surface area (Å²) in [5.74, 6) is -2.55. The van der Waals surface area contributed by atoms with E-state index in [0.29, 0.717) is 12.8 Å². The molecular weight excluding hydrogens is 424 g/mol. The summed E-state index contributed by atoms with van der Waals surface area (Å²) in [5.41, 5.74) is -4.38. The van der Waals surface area contributed by atoms with Crippen molar-refractivity contribution < 1.29 is 34.8 Å². The van der Waals surface area contributed by atoms with Gasteiger partial charge in [0.1, 0.15) is 0 Å². The first-order chi connectivity index (χ1) is 15.8. The molecule has 0 aliphatic rings. The van der Waals surface area contributed by atoms with E-state index in [2.05, 4.69) is 13.8 Å². The average molecular weight is 475 g/mol. The molecule has 0 aromatic rings. The van der Waals surface area contributed by atoms with Crippen molar-refractivity contribution in [1.29, 1.82) is 0 Å². The molecule has 0 fully saturated rings. The van der Waals surface area contributed by atoms with Crippen LogP contribution in [0.3, 0.4) is 0 Å². The van der Waals surface area contributed by atoms with E-state index in [1.165, 1.54) is 38.5 Å². The summed E-state index contributed by atoms with van der Waals surface area (Å²) in [6.45, 7) is 2.59. The highest BCUT2D eigenvalue weighted by Gasteiger charge is 2.43. The molecule has 0 bridgehead atoms. The fourth-order valence-corrected chi connectivity index (χ4v) is 3.87. The lowest BCUT2D eigenvalue weighted by Crippen LogP contribution is -2.50. The van der Waals surface area contributed by atoms with Gasteiger partial charge in [-0.1, -0.05) is 104 Å². The lowest BCUT2D eigenvalue weighted by molar-refractivity contribution is -0.190. The van der Waals surface area contributed by atoms with E-state index in [1.807, 2.05) is 0 Å². The molecule has 0 aliphatic heterocycles. The fourth-order valence-electron chi connectivity index (χ4n) is 3.87. The third-order valence-corrected chi connectivity index (χ3v) is 6.36. The van der Waals surface area contributed by atoms with Crippen molar-refractivity contribution >= 4 is 11.9 Å². The van der Waals surface area contributed by atoms with E-state index >= 15 is 0 Å². The molecule has 0 spiro atoms. The number of aliphatic hydroxyl groups is 4. The molecule has 0 saturated heterocycles. The highest BCUT2D eigenvalue weighted by atomic mass is 16.6. The summed E-state index contributed by atoms with van der Waals surface area (Å²) in [5, 5.41) is 40.0. The van der Waals surface area contributed by atoms with Crippen LogP contribution in [0.2, 0.25) is 0 Å². The number of aliphatic hydroxyl groups excluding tert-OH is 2. The summed E-state index contributed by atoms with van der Waals surface area (Å²) in [7, 11) is 0. The second-order valence-corrected chi connectivity index (χ2v) is 9.51. The standard InChI is InChI=1S/C26H50O7/c1-3-5-7-9-11-13-15-17-19-25(31,21-27)23(29)33-24(30)26(32,22-28)20-18-16-14-12-10-8-6-4-2/h27-28,31-32H,3-22H2,1-2H3. The molecular formula is C26H50O7. The Kier molecular flexibility index (Phi) is 18.7. The topological polar surface area (TPSA) is 124 Å². The summed E-state index contributed by atoms with van der Waals surface area (Å²) in [6.07, 6.45) is 16.3. The van der Waals surface area contributed by atoms with E-state index in [-0.39, 0.29) is 12.8 Å². The lowest BCUT2D eigenvalue weighted by Gasteiger charge is -2.27. The van der Waals surface area contributed by atoms with Crippen LogP contribution in [0.5, 0.6) is 0 Å². The Hall–Kier alpha value is -1.02. The van der Waals surface area contributed by atoms with Crippen LogP contribution >= 0.6 is 0 Å². The fraction of sp³-hybridized carbons (Fsp3) is 0.923. The van der Waals surface area contributed by atoms with Gasteiger partial charge >= 0.3 is 11.9 Å². The number of hydrogen-bond acceptors (Lipinski definition) is 7. The largest absolute Gasteiger partial charge is 0.393 e. The summed E-state index contributed by atoms with van der Waals surface area (Å²) >= 11 is 0. The quantitative estimate of drug-likeness (QED) is 0.103. The molecule has 196 valence electrons. The van der Waals surface area contributed by atoms with E-state index < -0.39 is 36.4 Å². The Bertz CT molecular complexity index is 467. The molecule has 7 nitrogen and oxygen atoms in total. The zero-order chi connectivity index (χ0) is 25.0. The number of hydrogen-bond donors (Lipinski definition) is 4. The van der Waals surface area contributed by atoms with Gasteiger partial charge in [0.15, 0.2) is 11.2 Å². The maximum atomic E-state index is 12.4. The molecule has 0 aliphatic carbocycles. The predicted octanol–water partition coefficient (Wildman–Crippen LogP) is 4.56. The zero-order valence-electron chi connectivity index (χ0n) is 21.2. The molecule has 4 N–H and O–H groups in total. The molecule has 0 radical (unpaired) electrons. The number of unbranched alkanes of at least 4 members (excludes halogenated alkanes) is 14. The number of ether oxygens (including phenoxy) is 1. The summed E-state index contributed by atoms with van der Waals surface area (Å²) < 4.78 is 4.71. The maximum Gasteiger partial charge on any atom is 0.348 e. The smallest absolute Gasteiger partial charge is 0.348 e. The van der Waals surface area contributed by atoms with Gasteiger partial charge in [0, 0.05) is 0 Å². The maximum absolute atomic E-state index is 12.4. The number of carbonyl (C=O) groups excluding carboxylic acids is 2. The van der Waals surface area contributed by atoms with Crippen LogP contribution in [0.15, 0.2) is 0 Å². The van der Waals surface area contributed by atoms with Crippen LogP contribution in [0.1, 0.15) is 129 Å². The molecule has 0 amide bonds. The van der Waals surface area contributed by atoms with Crippen molar-refractivity contribution in [2.45, 2.75) is 141 Å². The first-order valence-corrected chi connectivity index (χ1v) is 13.2. The molecule has 33 heavy (non-hydrogen) atoms. The van der Waals surface area contributed by atoms with Crippen LogP contribution < -0.4 is 0 Å². The van der Waals surface area contributed by atoms with E-state index in [0.717, 1.165) is 51.4 Å². The van der Waals surface area contributed by atoms with Crippen LogP contribution in [-0.2, 0) is 14.3 Å². The third-order valence-electron chi connectivity index (χ3n) is 6.36. The molecule has 2 atom stereocenters. The lowest BCUT2D eigenvalue weighted by atomic mass is 9.95. The van der Waals surface area contributed by atoms with E-state index in [4.69, 9.17) is 4.74 Å². The summed E-state index contributed by atoms with van der Waals surface area (Å²) in [4.78, 5) is 24.7. The Morgan fingerprint density at radius 1 is 0.545 bits per heavy atom. The van der Waals surface area contributed by atoms with E-state index in [1.54, 1.807) is 0 Å².